The van der Waals surface area contributed by atoms with Crippen LogP contribution in [0.3, 0.4) is 0 Å². The number of nitrogens with one attached hydrogen (secondary N) is 1. The maximum absolute atomic E-state index is 12.0. The summed E-state index contributed by atoms with van der Waals surface area (Å²) in [7, 11) is 1.81. The Kier molecular flexibility index (Phi) is 2.80. The molecule has 0 radical (unpaired) electrons. The maximum atomic E-state index is 12.0. The number of nitrogens with zero attached hydrogens (tertiary/aromatic N) is 1. The summed E-state index contributed by atoms with van der Waals surface area (Å²) in [4.78, 5) is 13.7. The molecular weight excluding hydrogens is 224 g/mol. The first-order chi connectivity index (χ1) is 7.54. The molecule has 0 aliphatic carbocycles. The molecule has 1 heterocycles. The summed E-state index contributed by atoms with van der Waals surface area (Å²) in [5.41, 5.74) is 2.89. The summed E-state index contributed by atoms with van der Waals surface area (Å²) in [5, 5.41) is 3.93. The van der Waals surface area contributed by atoms with Crippen LogP contribution in [-0.4, -0.2) is 19.0 Å². The molecule has 1 aromatic carbocycles. The predicted octanol–water partition coefficient (Wildman–Crippen LogP) is 2.82. The number of hydrogen-bond donors (Lipinski definition) is 1. The Morgan fingerprint density at radius 1 is 1.50 bits per heavy atom. The van der Waals surface area contributed by atoms with Crippen molar-refractivity contribution in [2.75, 3.05) is 17.3 Å². The van der Waals surface area contributed by atoms with Crippen LogP contribution < -0.4 is 10.2 Å². The summed E-state index contributed by atoms with van der Waals surface area (Å²) < 4.78 is 0. The minimum Gasteiger partial charge on any atom is -0.372 e. The molecule has 4 heteroatoms. The Labute approximate surface area is 100 Å². The van der Waals surface area contributed by atoms with E-state index < -0.39 is 0 Å². The molecule has 1 N–H and O–H groups in total. The highest BCUT2D eigenvalue weighted by Crippen LogP contribution is 2.36. The van der Waals surface area contributed by atoms with Gasteiger partial charge < -0.3 is 10.2 Å². The van der Waals surface area contributed by atoms with Gasteiger partial charge in [-0.15, -0.1) is 0 Å². The normalized spacial score (nSPS) is 19.4. The third-order valence-corrected chi connectivity index (χ3v) is 3.19. The van der Waals surface area contributed by atoms with E-state index in [1.54, 1.807) is 4.90 Å². The van der Waals surface area contributed by atoms with Crippen LogP contribution in [0.2, 0.25) is 5.02 Å². The van der Waals surface area contributed by atoms with Gasteiger partial charge in [-0.05, 0) is 31.0 Å². The summed E-state index contributed by atoms with van der Waals surface area (Å²) in [5.74, 6) is 0.112. The summed E-state index contributed by atoms with van der Waals surface area (Å²) in [6.45, 7) is 3.95. The lowest BCUT2D eigenvalue weighted by molar-refractivity contribution is -0.119. The lowest BCUT2D eigenvalue weighted by Crippen LogP contribution is -2.45. The van der Waals surface area contributed by atoms with Gasteiger partial charge in [0.05, 0.1) is 11.4 Å². The monoisotopic (exact) mass is 238 g/mol. The zero-order valence-corrected chi connectivity index (χ0v) is 10.4. The summed E-state index contributed by atoms with van der Waals surface area (Å²) >= 11 is 6.01. The number of hydrogen-bond acceptors (Lipinski definition) is 2. The predicted molar refractivity (Wildman–Crippen MR) is 67.3 cm³/mol. The van der Waals surface area contributed by atoms with Gasteiger partial charge in [0.15, 0.2) is 0 Å². The number of benzene rings is 1. The van der Waals surface area contributed by atoms with Crippen molar-refractivity contribution >= 4 is 28.9 Å². The Balaban J connectivity index is 2.54. The van der Waals surface area contributed by atoms with E-state index in [0.717, 1.165) is 23.4 Å². The fourth-order valence-corrected chi connectivity index (χ4v) is 2.43. The van der Waals surface area contributed by atoms with Crippen LogP contribution in [0, 0.1) is 6.92 Å². The number of carbonyl (C=O) groups excluding carboxylic acids is 1. The molecule has 2 rings (SSSR count). The van der Waals surface area contributed by atoms with E-state index in [-0.39, 0.29) is 11.9 Å². The quantitative estimate of drug-likeness (QED) is 0.816. The van der Waals surface area contributed by atoms with E-state index in [2.05, 4.69) is 5.32 Å². The van der Waals surface area contributed by atoms with Crippen LogP contribution in [-0.2, 0) is 4.79 Å². The standard InChI is InChI=1S/C12H15ClN2O/c1-4-9-12(16)15(3)11-7(2)5-8(13)6-10(11)14-9/h5-6,9,14H,4H2,1-3H3. The molecule has 1 aliphatic rings. The Hall–Kier alpha value is -1.22. The second-order valence-corrected chi connectivity index (χ2v) is 4.56. The van der Waals surface area contributed by atoms with Gasteiger partial charge in [-0.2, -0.15) is 0 Å². The van der Waals surface area contributed by atoms with Gasteiger partial charge in [-0.1, -0.05) is 18.5 Å². The highest BCUT2D eigenvalue weighted by molar-refractivity contribution is 6.31. The maximum Gasteiger partial charge on any atom is 0.249 e. The van der Waals surface area contributed by atoms with Crippen molar-refractivity contribution in [2.24, 2.45) is 0 Å². The van der Waals surface area contributed by atoms with Crippen molar-refractivity contribution in [1.29, 1.82) is 0 Å². The molecule has 1 atom stereocenters. The van der Waals surface area contributed by atoms with Crippen LogP contribution in [0.4, 0.5) is 11.4 Å². The van der Waals surface area contributed by atoms with Crippen LogP contribution in [0.5, 0.6) is 0 Å². The number of halogens is 1. The molecule has 3 nitrogen and oxygen atoms in total. The van der Waals surface area contributed by atoms with Crippen LogP contribution in [0.25, 0.3) is 0 Å². The molecule has 1 aliphatic heterocycles. The van der Waals surface area contributed by atoms with Crippen LogP contribution >= 0.6 is 11.6 Å². The summed E-state index contributed by atoms with van der Waals surface area (Å²) in [6, 6.07) is 3.60. The van der Waals surface area contributed by atoms with Gasteiger partial charge in [0.25, 0.3) is 0 Å². The lowest BCUT2D eigenvalue weighted by Gasteiger charge is -2.33. The molecule has 0 spiro atoms. The van der Waals surface area contributed by atoms with Crippen molar-refractivity contribution in [3.05, 3.63) is 22.7 Å². The molecule has 0 saturated carbocycles. The first-order valence-electron chi connectivity index (χ1n) is 5.38. The number of aryl methyl sites for hydroxylation is 1. The van der Waals surface area contributed by atoms with Gasteiger partial charge in [0.1, 0.15) is 6.04 Å². The van der Waals surface area contributed by atoms with Gasteiger partial charge in [-0.25, -0.2) is 0 Å². The number of amides is 1. The van der Waals surface area contributed by atoms with E-state index in [4.69, 9.17) is 11.6 Å². The second-order valence-electron chi connectivity index (χ2n) is 4.12. The topological polar surface area (TPSA) is 32.3 Å². The first kappa shape index (κ1) is 11.3. The van der Waals surface area contributed by atoms with E-state index in [0.29, 0.717) is 5.02 Å². The number of fused-ring (bicyclic) bond motifs is 1. The molecule has 1 unspecified atom stereocenters. The minimum atomic E-state index is -0.143. The summed E-state index contributed by atoms with van der Waals surface area (Å²) in [6.07, 6.45) is 0.772. The Bertz CT molecular complexity index is 445. The molecule has 0 bridgehead atoms. The molecule has 1 amide bonds. The SMILES string of the molecule is CCC1Nc2cc(Cl)cc(C)c2N(C)C1=O. The van der Waals surface area contributed by atoms with E-state index >= 15 is 0 Å². The third kappa shape index (κ3) is 1.65. The molecule has 0 fully saturated rings. The molecular formula is C12H15ClN2O. The molecule has 0 aromatic heterocycles. The van der Waals surface area contributed by atoms with E-state index in [1.165, 1.54) is 0 Å². The molecule has 16 heavy (non-hydrogen) atoms. The third-order valence-electron chi connectivity index (χ3n) is 2.97. The molecule has 1 aromatic rings. The van der Waals surface area contributed by atoms with Crippen molar-refractivity contribution in [3.63, 3.8) is 0 Å². The number of rotatable bonds is 1. The lowest BCUT2D eigenvalue weighted by atomic mass is 10.0. The Morgan fingerprint density at radius 2 is 2.19 bits per heavy atom. The zero-order chi connectivity index (χ0) is 11.9. The number of anilines is 2. The van der Waals surface area contributed by atoms with E-state index in [9.17, 15) is 4.79 Å². The second kappa shape index (κ2) is 3.98. The average molecular weight is 239 g/mol. The number of likely N-dealkylation sites (N-methyl/N-ethyl adjacent to an activating group) is 1. The van der Waals surface area contributed by atoms with Crippen molar-refractivity contribution in [3.8, 4) is 0 Å². The minimum absolute atomic E-state index is 0.112. The van der Waals surface area contributed by atoms with Crippen molar-refractivity contribution in [2.45, 2.75) is 26.3 Å². The first-order valence-corrected chi connectivity index (χ1v) is 5.76. The number of carbonyl (C=O) groups is 1. The highest BCUT2D eigenvalue weighted by atomic mass is 35.5. The van der Waals surface area contributed by atoms with E-state index in [1.807, 2.05) is 33.0 Å². The molecule has 86 valence electrons. The largest absolute Gasteiger partial charge is 0.372 e. The van der Waals surface area contributed by atoms with Gasteiger partial charge in [0.2, 0.25) is 5.91 Å². The van der Waals surface area contributed by atoms with Gasteiger partial charge in [-0.3, -0.25) is 4.79 Å². The smallest absolute Gasteiger partial charge is 0.249 e. The van der Waals surface area contributed by atoms with Crippen molar-refractivity contribution in [1.82, 2.24) is 0 Å². The molecule has 0 saturated heterocycles. The van der Waals surface area contributed by atoms with Crippen molar-refractivity contribution < 1.29 is 4.79 Å². The Morgan fingerprint density at radius 3 is 2.81 bits per heavy atom. The fraction of sp³-hybridized carbons (Fsp3) is 0.417. The average Bonchev–Trinajstić information content (AvgIpc) is 2.22. The van der Waals surface area contributed by atoms with Gasteiger partial charge >= 0.3 is 0 Å². The van der Waals surface area contributed by atoms with Crippen LogP contribution in [0.1, 0.15) is 18.9 Å². The zero-order valence-electron chi connectivity index (χ0n) is 9.67. The van der Waals surface area contributed by atoms with Crippen LogP contribution in [0.15, 0.2) is 12.1 Å². The fourth-order valence-electron chi connectivity index (χ4n) is 2.16. The van der Waals surface area contributed by atoms with Gasteiger partial charge in [0, 0.05) is 12.1 Å². The highest BCUT2D eigenvalue weighted by Gasteiger charge is 2.29.